The third-order valence-corrected chi connectivity index (χ3v) is 6.06. The molecule has 0 aromatic heterocycles. The Hall–Kier alpha value is -1.98. The van der Waals surface area contributed by atoms with Crippen LogP contribution in [0.15, 0.2) is 45.2 Å². The first-order valence-electron chi connectivity index (χ1n) is 10.3. The van der Waals surface area contributed by atoms with Crippen molar-refractivity contribution >= 4 is 46.2 Å². The average Bonchev–Trinajstić information content (AvgIpc) is 3.04. The zero-order valence-corrected chi connectivity index (χ0v) is 18.8. The summed E-state index contributed by atoms with van der Waals surface area (Å²) >= 11 is 12.6. The van der Waals surface area contributed by atoms with Crippen LogP contribution in [-0.2, 0) is 0 Å². The van der Waals surface area contributed by atoms with Crippen molar-refractivity contribution in [3.8, 4) is 0 Å². The van der Waals surface area contributed by atoms with Gasteiger partial charge in [0.25, 0.3) is 0 Å². The molecule has 0 amide bonds. The molecule has 1 atom stereocenters. The highest BCUT2D eigenvalue weighted by Gasteiger charge is 2.49. The summed E-state index contributed by atoms with van der Waals surface area (Å²) in [7, 11) is 0. The topological polar surface area (TPSA) is 43.3 Å². The number of hydrazone groups is 2. The van der Waals surface area contributed by atoms with E-state index < -0.39 is 0 Å². The zero-order chi connectivity index (χ0) is 20.7. The highest BCUT2D eigenvalue weighted by Crippen LogP contribution is 2.31. The maximum absolute atomic E-state index is 6.52. The molecule has 1 aromatic carbocycles. The molecule has 0 saturated carbocycles. The number of benzene rings is 1. The average molecular weight is 431 g/mol. The molecule has 3 aliphatic rings. The van der Waals surface area contributed by atoms with Gasteiger partial charge in [0.2, 0.25) is 5.71 Å². The Labute approximate surface area is 182 Å². The molecule has 29 heavy (non-hydrogen) atoms. The second-order valence-electron chi connectivity index (χ2n) is 7.75. The SMILES string of the molecule is CCCC(CCC)[N+]1=C2C=C(C)N=C3C(c4ccc(Cl)cc4Cl)=NN(C(C)=N1)C32. The van der Waals surface area contributed by atoms with Crippen molar-refractivity contribution < 1.29 is 4.68 Å². The molecule has 5 nitrogen and oxygen atoms in total. The van der Waals surface area contributed by atoms with E-state index in [0.717, 1.165) is 59.9 Å². The van der Waals surface area contributed by atoms with Crippen LogP contribution < -0.4 is 0 Å². The number of nitrogens with zero attached hydrogens (tertiary/aromatic N) is 5. The quantitative estimate of drug-likeness (QED) is 0.548. The Morgan fingerprint density at radius 1 is 1.14 bits per heavy atom. The van der Waals surface area contributed by atoms with Crippen LogP contribution in [0.3, 0.4) is 0 Å². The Morgan fingerprint density at radius 2 is 1.86 bits per heavy atom. The molecule has 4 rings (SSSR count). The number of hydrogen-bond acceptors (Lipinski definition) is 4. The largest absolute Gasteiger partial charge is 0.253 e. The Morgan fingerprint density at radius 3 is 2.52 bits per heavy atom. The molecule has 7 heteroatoms. The molecular formula is C22H26Cl2N5+. The molecule has 0 spiro atoms. The summed E-state index contributed by atoms with van der Waals surface area (Å²) in [4.78, 5) is 4.88. The minimum Gasteiger partial charge on any atom is -0.253 e. The standard InChI is InChI=1S/C22H26Cl2N5/c1-5-7-16(8-6-2)29-19-11-13(3)25-21-20(17-10-9-15(23)12-18(17)24)27-28(22(19)21)14(4)26-29/h9-12,16,22H,5-8H2,1-4H3/q+1. The summed E-state index contributed by atoms with van der Waals surface area (Å²) in [6, 6.07) is 5.82. The fraction of sp³-hybridized carbons (Fsp3) is 0.455. The van der Waals surface area contributed by atoms with Crippen LogP contribution in [0.25, 0.3) is 0 Å². The molecule has 0 fully saturated rings. The van der Waals surface area contributed by atoms with Gasteiger partial charge >= 0.3 is 0 Å². The molecule has 1 aromatic rings. The molecule has 0 bridgehead atoms. The van der Waals surface area contributed by atoms with Crippen molar-refractivity contribution in [3.63, 3.8) is 0 Å². The summed E-state index contributed by atoms with van der Waals surface area (Å²) in [5.74, 6) is 0.872. The van der Waals surface area contributed by atoms with Gasteiger partial charge in [-0.3, -0.25) is 4.99 Å². The molecule has 3 aliphatic heterocycles. The van der Waals surface area contributed by atoms with Crippen LogP contribution in [0.1, 0.15) is 58.9 Å². The summed E-state index contributed by atoms with van der Waals surface area (Å²) in [6.45, 7) is 8.50. The van der Waals surface area contributed by atoms with Gasteiger partial charge < -0.3 is 0 Å². The van der Waals surface area contributed by atoms with E-state index in [2.05, 4.69) is 24.6 Å². The van der Waals surface area contributed by atoms with Crippen molar-refractivity contribution in [1.29, 1.82) is 0 Å². The van der Waals surface area contributed by atoms with Gasteiger partial charge in [0.1, 0.15) is 11.4 Å². The normalized spacial score (nSPS) is 20.5. The molecule has 1 unspecified atom stereocenters. The molecular weight excluding hydrogens is 405 g/mol. The molecule has 152 valence electrons. The molecule has 0 aliphatic carbocycles. The predicted octanol–water partition coefficient (Wildman–Crippen LogP) is 5.51. The van der Waals surface area contributed by atoms with Crippen LogP contribution in [0, 0.1) is 0 Å². The zero-order valence-electron chi connectivity index (χ0n) is 17.3. The lowest BCUT2D eigenvalue weighted by Gasteiger charge is -2.28. The Kier molecular flexibility index (Phi) is 5.63. The van der Waals surface area contributed by atoms with Crippen molar-refractivity contribution in [2.75, 3.05) is 0 Å². The van der Waals surface area contributed by atoms with Crippen LogP contribution in [0.5, 0.6) is 0 Å². The summed E-state index contributed by atoms with van der Waals surface area (Å²) in [6.07, 6.45) is 6.62. The molecule has 0 saturated heterocycles. The van der Waals surface area contributed by atoms with Gasteiger partial charge in [-0.15, -0.1) is 0 Å². The van der Waals surface area contributed by atoms with Crippen molar-refractivity contribution in [2.45, 2.75) is 65.5 Å². The van der Waals surface area contributed by atoms with Crippen LogP contribution in [-0.4, -0.2) is 44.7 Å². The monoisotopic (exact) mass is 430 g/mol. The predicted molar refractivity (Wildman–Crippen MR) is 122 cm³/mol. The smallest absolute Gasteiger partial charge is 0.241 e. The summed E-state index contributed by atoms with van der Waals surface area (Å²) in [5, 5.41) is 13.0. The summed E-state index contributed by atoms with van der Waals surface area (Å²) < 4.78 is 2.23. The van der Waals surface area contributed by atoms with E-state index in [1.165, 1.54) is 0 Å². The number of allylic oxidation sites excluding steroid dienone is 1. The first-order chi connectivity index (χ1) is 13.9. The molecule has 3 heterocycles. The minimum absolute atomic E-state index is 0.0610. The Bertz CT molecular complexity index is 996. The van der Waals surface area contributed by atoms with Crippen molar-refractivity contribution in [2.24, 2.45) is 15.2 Å². The van der Waals surface area contributed by atoms with Gasteiger partial charge in [-0.2, -0.15) is 5.10 Å². The Balaban J connectivity index is 1.85. The lowest BCUT2D eigenvalue weighted by molar-refractivity contribution is -0.577. The number of aliphatic imine (C=N–C) groups is 1. The number of amidine groups is 1. The summed E-state index contributed by atoms with van der Waals surface area (Å²) in [5.41, 5.74) is 4.67. The van der Waals surface area contributed by atoms with Gasteiger partial charge in [-0.1, -0.05) is 41.7 Å². The maximum Gasteiger partial charge on any atom is 0.241 e. The number of halogens is 2. The second kappa shape index (κ2) is 8.04. The highest BCUT2D eigenvalue weighted by molar-refractivity contribution is 6.57. The fourth-order valence-electron chi connectivity index (χ4n) is 4.29. The van der Waals surface area contributed by atoms with E-state index in [4.69, 9.17) is 38.4 Å². The lowest BCUT2D eigenvalue weighted by Crippen LogP contribution is -2.52. The van der Waals surface area contributed by atoms with Gasteiger partial charge in [0.05, 0.1) is 5.02 Å². The fourth-order valence-corrected chi connectivity index (χ4v) is 4.79. The van der Waals surface area contributed by atoms with Crippen LogP contribution in [0.2, 0.25) is 10.0 Å². The van der Waals surface area contributed by atoms with E-state index >= 15 is 0 Å². The molecule has 0 N–H and O–H groups in total. The number of rotatable bonds is 6. The van der Waals surface area contributed by atoms with E-state index in [0.29, 0.717) is 16.1 Å². The van der Waals surface area contributed by atoms with E-state index in [1.54, 1.807) is 6.07 Å². The number of hydrogen-bond donors (Lipinski definition) is 0. The van der Waals surface area contributed by atoms with Crippen LogP contribution >= 0.6 is 23.2 Å². The third kappa shape index (κ3) is 3.55. The first-order valence-corrected chi connectivity index (χ1v) is 11.0. The van der Waals surface area contributed by atoms with Gasteiger partial charge in [-0.05, 0) is 38.0 Å². The van der Waals surface area contributed by atoms with Gasteiger partial charge in [-0.25, -0.2) is 5.01 Å². The molecule has 0 radical (unpaired) electrons. The first kappa shape index (κ1) is 20.3. The maximum atomic E-state index is 6.52. The second-order valence-corrected chi connectivity index (χ2v) is 8.59. The van der Waals surface area contributed by atoms with Crippen molar-refractivity contribution in [1.82, 2.24) is 5.01 Å². The van der Waals surface area contributed by atoms with Gasteiger partial charge in [0, 0.05) is 47.2 Å². The van der Waals surface area contributed by atoms with Gasteiger partial charge in [0.15, 0.2) is 17.9 Å². The lowest BCUT2D eigenvalue weighted by atomic mass is 9.94. The third-order valence-electron chi connectivity index (χ3n) is 5.51. The minimum atomic E-state index is -0.0610. The van der Waals surface area contributed by atoms with Crippen LogP contribution in [0.4, 0.5) is 0 Å². The highest BCUT2D eigenvalue weighted by atomic mass is 35.5. The van der Waals surface area contributed by atoms with E-state index in [1.807, 2.05) is 31.0 Å². The van der Waals surface area contributed by atoms with E-state index in [9.17, 15) is 0 Å². The van der Waals surface area contributed by atoms with E-state index in [-0.39, 0.29) is 6.04 Å². The van der Waals surface area contributed by atoms with Crippen molar-refractivity contribution in [3.05, 3.63) is 45.6 Å².